The van der Waals surface area contributed by atoms with Crippen LogP contribution < -0.4 is 5.32 Å². The minimum absolute atomic E-state index is 0.291. The maximum absolute atomic E-state index is 5.71. The Morgan fingerprint density at radius 3 is 2.83 bits per heavy atom. The molecule has 24 heavy (non-hydrogen) atoms. The van der Waals surface area contributed by atoms with E-state index in [1.807, 2.05) is 42.6 Å². The molecule has 0 amide bonds. The molecule has 1 aliphatic heterocycles. The minimum Gasteiger partial charge on any atom is -0.376 e. The number of hydrogen-bond donors (Lipinski definition) is 1. The van der Waals surface area contributed by atoms with E-state index < -0.39 is 0 Å². The number of nitrogens with zero attached hydrogens (tertiary/aromatic N) is 3. The van der Waals surface area contributed by atoms with E-state index in [0.717, 1.165) is 60.0 Å². The molecule has 0 bridgehead atoms. The van der Waals surface area contributed by atoms with Crippen LogP contribution in [0.3, 0.4) is 0 Å². The Labute approximate surface area is 141 Å². The van der Waals surface area contributed by atoms with E-state index in [1.165, 1.54) is 0 Å². The topological polar surface area (TPSA) is 51.5 Å². The third-order valence-electron chi connectivity index (χ3n) is 4.49. The van der Waals surface area contributed by atoms with E-state index in [-0.39, 0.29) is 0 Å². The largest absolute Gasteiger partial charge is 0.376 e. The lowest BCUT2D eigenvalue weighted by Crippen LogP contribution is -2.20. The van der Waals surface area contributed by atoms with Gasteiger partial charge < -0.3 is 10.1 Å². The second-order valence-electron chi connectivity index (χ2n) is 6.36. The molecule has 124 valence electrons. The molecule has 1 aromatic carbocycles. The van der Waals surface area contributed by atoms with Crippen molar-refractivity contribution in [2.24, 2.45) is 0 Å². The van der Waals surface area contributed by atoms with Crippen molar-refractivity contribution < 1.29 is 4.74 Å². The first-order valence-electron chi connectivity index (χ1n) is 8.50. The summed E-state index contributed by atoms with van der Waals surface area (Å²) in [7, 11) is 0. The van der Waals surface area contributed by atoms with Crippen LogP contribution in [0.2, 0.25) is 0 Å². The Hall–Kier alpha value is -2.40. The first-order valence-corrected chi connectivity index (χ1v) is 8.50. The fourth-order valence-corrected chi connectivity index (χ4v) is 3.34. The third-order valence-corrected chi connectivity index (χ3v) is 4.49. The van der Waals surface area contributed by atoms with Gasteiger partial charge in [-0.1, -0.05) is 30.3 Å². The zero-order valence-corrected chi connectivity index (χ0v) is 14.1. The van der Waals surface area contributed by atoms with Crippen LogP contribution in [0.1, 0.15) is 24.2 Å². The highest BCUT2D eigenvalue weighted by molar-refractivity contribution is 5.80. The van der Waals surface area contributed by atoms with Gasteiger partial charge in [0, 0.05) is 30.5 Å². The van der Waals surface area contributed by atoms with Crippen molar-refractivity contribution in [3.05, 3.63) is 47.8 Å². The fourth-order valence-electron chi connectivity index (χ4n) is 3.34. The standard InChI is InChI=1S/C19H22N4O/c1-13-11-17(20-12-16-9-6-10-24-16)23-19(21-13)18(14(2)22-23)15-7-4-3-5-8-15/h3-5,7-8,11,16,20H,6,9-10,12H2,1-2H3/t16-/m0/s1. The summed E-state index contributed by atoms with van der Waals surface area (Å²) in [6, 6.07) is 12.4. The number of hydrogen-bond acceptors (Lipinski definition) is 4. The summed E-state index contributed by atoms with van der Waals surface area (Å²) in [5.41, 5.74) is 5.11. The van der Waals surface area contributed by atoms with Gasteiger partial charge in [-0.05, 0) is 32.3 Å². The average molecular weight is 322 g/mol. The second kappa shape index (κ2) is 6.24. The molecule has 1 saturated heterocycles. The van der Waals surface area contributed by atoms with Gasteiger partial charge in [0.15, 0.2) is 5.65 Å². The maximum Gasteiger partial charge on any atom is 0.165 e. The van der Waals surface area contributed by atoms with Crippen LogP contribution in [0.5, 0.6) is 0 Å². The van der Waals surface area contributed by atoms with E-state index in [4.69, 9.17) is 14.8 Å². The predicted octanol–water partition coefficient (Wildman–Crippen LogP) is 3.60. The maximum atomic E-state index is 5.71. The quantitative estimate of drug-likeness (QED) is 0.797. The molecule has 0 saturated carbocycles. The van der Waals surface area contributed by atoms with Crippen LogP contribution in [0, 0.1) is 13.8 Å². The molecule has 3 aromatic rings. The van der Waals surface area contributed by atoms with Gasteiger partial charge in [-0.2, -0.15) is 9.61 Å². The van der Waals surface area contributed by atoms with Gasteiger partial charge in [0.05, 0.1) is 11.8 Å². The Morgan fingerprint density at radius 2 is 2.08 bits per heavy atom. The Kier molecular flexibility index (Phi) is 3.94. The van der Waals surface area contributed by atoms with E-state index in [2.05, 4.69) is 17.4 Å². The number of ether oxygens (including phenoxy) is 1. The summed E-state index contributed by atoms with van der Waals surface area (Å²) >= 11 is 0. The van der Waals surface area contributed by atoms with Crippen molar-refractivity contribution in [2.75, 3.05) is 18.5 Å². The molecule has 2 aromatic heterocycles. The van der Waals surface area contributed by atoms with Crippen molar-refractivity contribution in [3.8, 4) is 11.1 Å². The van der Waals surface area contributed by atoms with Crippen molar-refractivity contribution in [3.63, 3.8) is 0 Å². The summed E-state index contributed by atoms with van der Waals surface area (Å²) in [6.07, 6.45) is 2.56. The summed E-state index contributed by atoms with van der Waals surface area (Å²) in [5.74, 6) is 0.971. The van der Waals surface area contributed by atoms with Crippen LogP contribution in [0.25, 0.3) is 16.8 Å². The normalized spacial score (nSPS) is 17.5. The first-order chi connectivity index (χ1) is 11.7. The highest BCUT2D eigenvalue weighted by atomic mass is 16.5. The van der Waals surface area contributed by atoms with E-state index >= 15 is 0 Å². The van der Waals surface area contributed by atoms with Gasteiger partial charge in [0.2, 0.25) is 0 Å². The lowest BCUT2D eigenvalue weighted by atomic mass is 10.1. The number of benzene rings is 1. The predicted molar refractivity (Wildman–Crippen MR) is 95.4 cm³/mol. The highest BCUT2D eigenvalue weighted by Crippen LogP contribution is 2.29. The van der Waals surface area contributed by atoms with Gasteiger partial charge in [-0.25, -0.2) is 4.98 Å². The monoisotopic (exact) mass is 322 g/mol. The molecule has 1 atom stereocenters. The van der Waals surface area contributed by atoms with Crippen LogP contribution in [0.15, 0.2) is 36.4 Å². The van der Waals surface area contributed by atoms with Crippen molar-refractivity contribution in [1.82, 2.24) is 14.6 Å². The molecule has 1 aliphatic rings. The molecule has 5 heteroatoms. The van der Waals surface area contributed by atoms with Gasteiger partial charge in [-0.15, -0.1) is 0 Å². The lowest BCUT2D eigenvalue weighted by Gasteiger charge is -2.13. The summed E-state index contributed by atoms with van der Waals surface area (Å²) in [5, 5.41) is 8.22. The molecule has 5 nitrogen and oxygen atoms in total. The van der Waals surface area contributed by atoms with Gasteiger partial charge in [0.1, 0.15) is 5.82 Å². The minimum atomic E-state index is 0.291. The summed E-state index contributed by atoms with van der Waals surface area (Å²) < 4.78 is 7.62. The number of fused-ring (bicyclic) bond motifs is 1. The lowest BCUT2D eigenvalue weighted by molar-refractivity contribution is 0.120. The van der Waals surface area contributed by atoms with Crippen molar-refractivity contribution >= 4 is 11.5 Å². The average Bonchev–Trinajstić information content (AvgIpc) is 3.20. The van der Waals surface area contributed by atoms with Gasteiger partial charge in [0.25, 0.3) is 0 Å². The van der Waals surface area contributed by atoms with Crippen LogP contribution in [-0.4, -0.2) is 33.9 Å². The number of nitrogens with one attached hydrogen (secondary N) is 1. The van der Waals surface area contributed by atoms with Crippen molar-refractivity contribution in [1.29, 1.82) is 0 Å². The molecule has 1 N–H and O–H groups in total. The van der Waals surface area contributed by atoms with E-state index in [9.17, 15) is 0 Å². The van der Waals surface area contributed by atoms with Gasteiger partial charge in [-0.3, -0.25) is 0 Å². The third kappa shape index (κ3) is 2.76. The molecule has 4 rings (SSSR count). The Morgan fingerprint density at radius 1 is 1.25 bits per heavy atom. The molecule has 1 fully saturated rings. The molecule has 3 heterocycles. The van der Waals surface area contributed by atoms with E-state index in [0.29, 0.717) is 6.10 Å². The smallest absolute Gasteiger partial charge is 0.165 e. The van der Waals surface area contributed by atoms with Gasteiger partial charge >= 0.3 is 0 Å². The number of aromatic nitrogens is 3. The van der Waals surface area contributed by atoms with Crippen LogP contribution >= 0.6 is 0 Å². The molecule has 0 unspecified atom stereocenters. The first kappa shape index (κ1) is 15.1. The fraction of sp³-hybridized carbons (Fsp3) is 0.368. The second-order valence-corrected chi connectivity index (χ2v) is 6.36. The van der Waals surface area contributed by atoms with Crippen molar-refractivity contribution in [2.45, 2.75) is 32.8 Å². The van der Waals surface area contributed by atoms with Crippen LogP contribution in [0.4, 0.5) is 5.82 Å². The summed E-state index contributed by atoms with van der Waals surface area (Å²) in [6.45, 7) is 5.73. The molecular formula is C19H22N4O. The molecular weight excluding hydrogens is 300 g/mol. The number of rotatable bonds is 4. The Balaban J connectivity index is 1.75. The SMILES string of the molecule is Cc1cc(NC[C@@H]2CCCO2)n2nc(C)c(-c3ccccc3)c2n1. The molecule has 0 aliphatic carbocycles. The highest BCUT2D eigenvalue weighted by Gasteiger charge is 2.18. The van der Waals surface area contributed by atoms with E-state index in [1.54, 1.807) is 0 Å². The Bertz CT molecular complexity index is 851. The molecule has 0 spiro atoms. The summed E-state index contributed by atoms with van der Waals surface area (Å²) in [4.78, 5) is 4.74. The van der Waals surface area contributed by atoms with Crippen LogP contribution in [-0.2, 0) is 4.74 Å². The number of anilines is 1. The zero-order valence-electron chi connectivity index (χ0n) is 14.1. The molecule has 0 radical (unpaired) electrons. The number of aryl methyl sites for hydroxylation is 2. The zero-order chi connectivity index (χ0) is 16.5.